The van der Waals surface area contributed by atoms with E-state index in [2.05, 4.69) is 23.4 Å². The molecule has 1 rings (SSSR count). The van der Waals surface area contributed by atoms with Crippen molar-refractivity contribution in [1.29, 1.82) is 0 Å². The molecule has 23 heavy (non-hydrogen) atoms. The van der Waals surface area contributed by atoms with E-state index < -0.39 is 0 Å². The number of hydrogen-bond donors (Lipinski definition) is 0. The standard InChI is InChI=1S/C20H38O2S/c1-3-4-5-6-9-12-15-18-19(23-18)16-13-10-7-8-11-14-17-20(21)22-2/h18-19H,3-17H2,1-2H3. The molecule has 0 aromatic heterocycles. The van der Waals surface area contributed by atoms with Gasteiger partial charge < -0.3 is 4.74 Å². The Morgan fingerprint density at radius 2 is 1.26 bits per heavy atom. The lowest BCUT2D eigenvalue weighted by Crippen LogP contribution is -1.99. The molecule has 0 aliphatic carbocycles. The molecule has 1 aliphatic rings. The fourth-order valence-corrected chi connectivity index (χ4v) is 4.47. The quantitative estimate of drug-likeness (QED) is 0.181. The lowest BCUT2D eigenvalue weighted by atomic mass is 10.0. The molecule has 2 nitrogen and oxygen atoms in total. The summed E-state index contributed by atoms with van der Waals surface area (Å²) in [4.78, 5) is 11.0. The molecule has 3 heteroatoms. The van der Waals surface area contributed by atoms with Crippen LogP contribution in [0.1, 0.15) is 103 Å². The molecule has 1 aliphatic heterocycles. The number of rotatable bonds is 16. The summed E-state index contributed by atoms with van der Waals surface area (Å²) >= 11 is 2.23. The molecular weight excluding hydrogens is 304 g/mol. The molecule has 0 radical (unpaired) electrons. The smallest absolute Gasteiger partial charge is 0.305 e. The van der Waals surface area contributed by atoms with Gasteiger partial charge in [-0.25, -0.2) is 0 Å². The number of thioether (sulfide) groups is 1. The second-order valence-corrected chi connectivity index (χ2v) is 8.49. The van der Waals surface area contributed by atoms with E-state index in [0.29, 0.717) is 6.42 Å². The van der Waals surface area contributed by atoms with Crippen LogP contribution in [-0.2, 0) is 9.53 Å². The average Bonchev–Trinajstić information content (AvgIpc) is 3.31. The van der Waals surface area contributed by atoms with Crippen LogP contribution in [0.25, 0.3) is 0 Å². The summed E-state index contributed by atoms with van der Waals surface area (Å²) in [5.41, 5.74) is 0. The normalized spacial score (nSPS) is 19.7. The third-order valence-electron chi connectivity index (χ3n) is 4.88. The predicted octanol–water partition coefficient (Wildman–Crippen LogP) is 6.51. The summed E-state index contributed by atoms with van der Waals surface area (Å²) in [6.07, 6.45) is 19.6. The van der Waals surface area contributed by atoms with Gasteiger partial charge in [-0.1, -0.05) is 77.6 Å². The maximum absolute atomic E-state index is 11.0. The van der Waals surface area contributed by atoms with E-state index in [9.17, 15) is 4.79 Å². The van der Waals surface area contributed by atoms with Crippen LogP contribution in [0.2, 0.25) is 0 Å². The highest BCUT2D eigenvalue weighted by Crippen LogP contribution is 2.47. The number of unbranched alkanes of at least 4 members (excludes halogenated alkanes) is 10. The van der Waals surface area contributed by atoms with Crippen LogP contribution in [0.3, 0.4) is 0 Å². The Labute approximate surface area is 148 Å². The van der Waals surface area contributed by atoms with Crippen molar-refractivity contribution in [1.82, 2.24) is 0 Å². The second-order valence-electron chi connectivity index (χ2n) is 7.01. The highest BCUT2D eigenvalue weighted by Gasteiger charge is 2.36. The molecular formula is C20H38O2S. The van der Waals surface area contributed by atoms with E-state index in [1.54, 1.807) is 0 Å². The number of hydrogen-bond acceptors (Lipinski definition) is 3. The Bertz CT molecular complexity index is 293. The summed E-state index contributed by atoms with van der Waals surface area (Å²) in [5.74, 6) is -0.0628. The molecule has 1 saturated heterocycles. The van der Waals surface area contributed by atoms with Crippen molar-refractivity contribution in [3.8, 4) is 0 Å². The maximum Gasteiger partial charge on any atom is 0.305 e. The van der Waals surface area contributed by atoms with E-state index in [4.69, 9.17) is 0 Å². The lowest BCUT2D eigenvalue weighted by Gasteiger charge is -2.02. The van der Waals surface area contributed by atoms with Crippen molar-refractivity contribution in [2.75, 3.05) is 7.11 Å². The van der Waals surface area contributed by atoms with Crippen molar-refractivity contribution in [3.05, 3.63) is 0 Å². The molecule has 0 aromatic carbocycles. The highest BCUT2D eigenvalue weighted by atomic mass is 32.2. The monoisotopic (exact) mass is 342 g/mol. The van der Waals surface area contributed by atoms with Gasteiger partial charge >= 0.3 is 5.97 Å². The first kappa shape index (κ1) is 20.9. The van der Waals surface area contributed by atoms with E-state index >= 15 is 0 Å². The number of esters is 1. The zero-order valence-corrected chi connectivity index (χ0v) is 16.3. The molecule has 0 saturated carbocycles. The third-order valence-corrected chi connectivity index (χ3v) is 6.39. The zero-order valence-electron chi connectivity index (χ0n) is 15.5. The molecule has 2 unspecified atom stereocenters. The fourth-order valence-electron chi connectivity index (χ4n) is 3.24. The van der Waals surface area contributed by atoms with E-state index in [0.717, 1.165) is 16.9 Å². The minimum absolute atomic E-state index is 0.0628. The van der Waals surface area contributed by atoms with Gasteiger partial charge in [0.05, 0.1) is 7.11 Å². The SMILES string of the molecule is CCCCCCCCC1SC1CCCCCCCCC(=O)OC. The number of ether oxygens (including phenoxy) is 1. The van der Waals surface area contributed by atoms with E-state index in [1.165, 1.54) is 90.6 Å². The van der Waals surface area contributed by atoms with Crippen LogP contribution in [0.15, 0.2) is 0 Å². The first-order chi connectivity index (χ1) is 11.3. The molecule has 0 spiro atoms. The van der Waals surface area contributed by atoms with Gasteiger partial charge in [0, 0.05) is 16.9 Å². The molecule has 0 aromatic rings. The van der Waals surface area contributed by atoms with Crippen LogP contribution in [0, 0.1) is 0 Å². The molecule has 0 N–H and O–H groups in total. The number of carbonyl (C=O) groups is 1. The number of methoxy groups -OCH3 is 1. The molecule has 0 amide bonds. The molecule has 1 heterocycles. The summed E-state index contributed by atoms with van der Waals surface area (Å²) < 4.78 is 4.65. The molecule has 136 valence electrons. The van der Waals surface area contributed by atoms with Crippen molar-refractivity contribution in [2.45, 2.75) is 114 Å². The highest BCUT2D eigenvalue weighted by molar-refractivity contribution is 8.07. The van der Waals surface area contributed by atoms with Gasteiger partial charge in [-0.05, 0) is 19.3 Å². The zero-order chi connectivity index (χ0) is 16.8. The van der Waals surface area contributed by atoms with Crippen LogP contribution >= 0.6 is 11.8 Å². The second kappa shape index (κ2) is 14.2. The van der Waals surface area contributed by atoms with Gasteiger partial charge in [-0.2, -0.15) is 11.8 Å². The van der Waals surface area contributed by atoms with Gasteiger partial charge in [0.15, 0.2) is 0 Å². The Morgan fingerprint density at radius 1 is 0.783 bits per heavy atom. The maximum atomic E-state index is 11.0. The van der Waals surface area contributed by atoms with Crippen LogP contribution < -0.4 is 0 Å². The minimum atomic E-state index is -0.0628. The number of carbonyl (C=O) groups excluding carboxylic acids is 1. The van der Waals surface area contributed by atoms with Gasteiger partial charge in [-0.15, -0.1) is 0 Å². The van der Waals surface area contributed by atoms with Crippen molar-refractivity contribution < 1.29 is 9.53 Å². The summed E-state index contributed by atoms with van der Waals surface area (Å²) in [6, 6.07) is 0. The van der Waals surface area contributed by atoms with Crippen molar-refractivity contribution >= 4 is 17.7 Å². The lowest BCUT2D eigenvalue weighted by molar-refractivity contribution is -0.140. The fraction of sp³-hybridized carbons (Fsp3) is 0.950. The summed E-state index contributed by atoms with van der Waals surface area (Å²) in [5, 5.41) is 1.99. The topological polar surface area (TPSA) is 26.3 Å². The molecule has 2 atom stereocenters. The Kier molecular flexibility index (Phi) is 12.9. The van der Waals surface area contributed by atoms with Gasteiger partial charge in [0.25, 0.3) is 0 Å². The van der Waals surface area contributed by atoms with Crippen LogP contribution in [0.4, 0.5) is 0 Å². The molecule has 0 bridgehead atoms. The average molecular weight is 343 g/mol. The molecule has 1 fully saturated rings. The van der Waals surface area contributed by atoms with E-state index in [1.807, 2.05) is 0 Å². The van der Waals surface area contributed by atoms with Gasteiger partial charge in [0.2, 0.25) is 0 Å². The summed E-state index contributed by atoms with van der Waals surface area (Å²) in [7, 11) is 1.47. The van der Waals surface area contributed by atoms with Crippen LogP contribution in [0.5, 0.6) is 0 Å². The van der Waals surface area contributed by atoms with Gasteiger partial charge in [0.1, 0.15) is 0 Å². The van der Waals surface area contributed by atoms with Crippen LogP contribution in [-0.4, -0.2) is 23.6 Å². The van der Waals surface area contributed by atoms with E-state index in [-0.39, 0.29) is 5.97 Å². The minimum Gasteiger partial charge on any atom is -0.469 e. The van der Waals surface area contributed by atoms with Crippen molar-refractivity contribution in [3.63, 3.8) is 0 Å². The third kappa shape index (κ3) is 11.9. The summed E-state index contributed by atoms with van der Waals surface area (Å²) in [6.45, 7) is 2.29. The largest absolute Gasteiger partial charge is 0.469 e. The Hall–Kier alpha value is -0.180. The first-order valence-corrected chi connectivity index (χ1v) is 10.9. The first-order valence-electron chi connectivity index (χ1n) is 10.00. The van der Waals surface area contributed by atoms with Crippen molar-refractivity contribution in [2.24, 2.45) is 0 Å². The Balaban J connectivity index is 1.76. The van der Waals surface area contributed by atoms with Gasteiger partial charge in [-0.3, -0.25) is 4.79 Å². The predicted molar refractivity (Wildman–Crippen MR) is 102 cm³/mol. The Morgan fingerprint density at radius 3 is 1.78 bits per heavy atom.